The summed E-state index contributed by atoms with van der Waals surface area (Å²) in [5.41, 5.74) is 3.11. The summed E-state index contributed by atoms with van der Waals surface area (Å²) in [4.78, 5) is 26.8. The van der Waals surface area contributed by atoms with Crippen molar-refractivity contribution in [2.45, 2.75) is 26.7 Å². The molecule has 1 unspecified atom stereocenters. The minimum atomic E-state index is -0.190. The van der Waals surface area contributed by atoms with Crippen LogP contribution >= 0.6 is 0 Å². The van der Waals surface area contributed by atoms with E-state index in [4.69, 9.17) is 4.74 Å². The summed E-state index contributed by atoms with van der Waals surface area (Å²) < 4.78 is 5.66. The Balaban J connectivity index is 1.52. The normalized spacial score (nSPS) is 16.7. The van der Waals surface area contributed by atoms with E-state index in [-0.39, 0.29) is 24.3 Å². The van der Waals surface area contributed by atoms with E-state index in [0.717, 1.165) is 24.1 Å². The molecule has 2 aromatic carbocycles. The van der Waals surface area contributed by atoms with Crippen molar-refractivity contribution in [2.75, 3.05) is 25.0 Å². The molecule has 0 aliphatic carbocycles. The minimum absolute atomic E-state index is 0.00444. The van der Waals surface area contributed by atoms with Gasteiger partial charge in [-0.15, -0.1) is 0 Å². The lowest BCUT2D eigenvalue weighted by atomic mass is 9.97. The SMILES string of the molecule is Cc1ccc(OCC(=O)N2CCCC(C(=O)Nc3ccccc3)C2)cc1C. The monoisotopic (exact) mass is 366 g/mol. The van der Waals surface area contributed by atoms with Gasteiger partial charge >= 0.3 is 0 Å². The van der Waals surface area contributed by atoms with E-state index in [1.807, 2.05) is 62.4 Å². The van der Waals surface area contributed by atoms with E-state index in [1.54, 1.807) is 4.90 Å². The number of carbonyl (C=O) groups is 2. The van der Waals surface area contributed by atoms with Gasteiger partial charge in [-0.25, -0.2) is 0 Å². The van der Waals surface area contributed by atoms with Crippen LogP contribution in [0, 0.1) is 19.8 Å². The van der Waals surface area contributed by atoms with Gasteiger partial charge in [0.1, 0.15) is 5.75 Å². The van der Waals surface area contributed by atoms with Crippen molar-refractivity contribution in [3.05, 3.63) is 59.7 Å². The summed E-state index contributed by atoms with van der Waals surface area (Å²) in [5, 5.41) is 2.93. The van der Waals surface area contributed by atoms with Crippen molar-refractivity contribution in [2.24, 2.45) is 5.92 Å². The highest BCUT2D eigenvalue weighted by Crippen LogP contribution is 2.20. The molecule has 0 bridgehead atoms. The summed E-state index contributed by atoms with van der Waals surface area (Å²) in [5.74, 6) is 0.394. The molecule has 1 fully saturated rings. The zero-order valence-electron chi connectivity index (χ0n) is 15.9. The molecule has 2 amide bonds. The van der Waals surface area contributed by atoms with Crippen molar-refractivity contribution >= 4 is 17.5 Å². The number of amides is 2. The van der Waals surface area contributed by atoms with Crippen LogP contribution in [0.4, 0.5) is 5.69 Å². The van der Waals surface area contributed by atoms with E-state index in [1.165, 1.54) is 5.56 Å². The van der Waals surface area contributed by atoms with Crippen LogP contribution in [0.15, 0.2) is 48.5 Å². The van der Waals surface area contributed by atoms with Crippen LogP contribution in [0.5, 0.6) is 5.75 Å². The third-order valence-corrected chi connectivity index (χ3v) is 5.03. The molecule has 1 heterocycles. The van der Waals surface area contributed by atoms with E-state index in [0.29, 0.717) is 18.8 Å². The Labute approximate surface area is 160 Å². The Bertz CT molecular complexity index is 804. The Morgan fingerprint density at radius 2 is 1.89 bits per heavy atom. The number of benzene rings is 2. The molecule has 2 aromatic rings. The van der Waals surface area contributed by atoms with Gasteiger partial charge < -0.3 is 15.0 Å². The first-order valence-electron chi connectivity index (χ1n) is 9.36. The quantitative estimate of drug-likeness (QED) is 0.880. The molecule has 1 aliphatic heterocycles. The molecule has 0 radical (unpaired) electrons. The Kier molecular flexibility index (Phi) is 6.12. The second-order valence-electron chi connectivity index (χ2n) is 7.07. The standard InChI is InChI=1S/C22H26N2O3/c1-16-10-11-20(13-17(16)2)27-15-21(25)24-12-6-7-18(14-24)22(26)23-19-8-4-3-5-9-19/h3-5,8-11,13,18H,6-7,12,14-15H2,1-2H3,(H,23,26). The Morgan fingerprint density at radius 1 is 1.11 bits per heavy atom. The number of hydrogen-bond donors (Lipinski definition) is 1. The first-order valence-corrected chi connectivity index (χ1v) is 9.36. The van der Waals surface area contributed by atoms with Crippen LogP contribution < -0.4 is 10.1 Å². The second-order valence-corrected chi connectivity index (χ2v) is 7.07. The van der Waals surface area contributed by atoms with E-state index < -0.39 is 0 Å². The van der Waals surface area contributed by atoms with Gasteiger partial charge in [0.2, 0.25) is 5.91 Å². The fourth-order valence-corrected chi connectivity index (χ4v) is 3.22. The molecule has 0 aromatic heterocycles. The molecule has 1 atom stereocenters. The molecule has 5 nitrogen and oxygen atoms in total. The lowest BCUT2D eigenvalue weighted by Crippen LogP contribution is -2.45. The number of carbonyl (C=O) groups excluding carboxylic acids is 2. The summed E-state index contributed by atoms with van der Waals surface area (Å²) >= 11 is 0. The number of piperidine rings is 1. The zero-order valence-corrected chi connectivity index (χ0v) is 15.9. The number of nitrogens with zero attached hydrogens (tertiary/aromatic N) is 1. The largest absolute Gasteiger partial charge is 0.484 e. The van der Waals surface area contributed by atoms with Crippen LogP contribution in [0.25, 0.3) is 0 Å². The van der Waals surface area contributed by atoms with Crippen LogP contribution in [-0.4, -0.2) is 36.4 Å². The van der Waals surface area contributed by atoms with Gasteiger partial charge in [0, 0.05) is 18.8 Å². The minimum Gasteiger partial charge on any atom is -0.484 e. The van der Waals surface area contributed by atoms with Gasteiger partial charge in [-0.2, -0.15) is 0 Å². The van der Waals surface area contributed by atoms with E-state index in [9.17, 15) is 9.59 Å². The lowest BCUT2D eigenvalue weighted by Gasteiger charge is -2.32. The molecule has 0 spiro atoms. The van der Waals surface area contributed by atoms with Gasteiger partial charge in [0.25, 0.3) is 5.91 Å². The highest BCUT2D eigenvalue weighted by atomic mass is 16.5. The molecule has 1 N–H and O–H groups in total. The molecule has 5 heteroatoms. The van der Waals surface area contributed by atoms with E-state index >= 15 is 0 Å². The zero-order chi connectivity index (χ0) is 19.2. The summed E-state index contributed by atoms with van der Waals surface area (Å²) in [6.07, 6.45) is 1.61. The average Bonchev–Trinajstić information content (AvgIpc) is 2.69. The van der Waals surface area contributed by atoms with Crippen LogP contribution in [0.1, 0.15) is 24.0 Å². The molecule has 27 heavy (non-hydrogen) atoms. The van der Waals surface area contributed by atoms with Crippen LogP contribution in [-0.2, 0) is 9.59 Å². The third kappa shape index (κ3) is 5.09. The predicted octanol–water partition coefficient (Wildman–Crippen LogP) is 3.56. The number of aryl methyl sites for hydroxylation is 2. The number of ether oxygens (including phenoxy) is 1. The first-order chi connectivity index (χ1) is 13.0. The Morgan fingerprint density at radius 3 is 2.63 bits per heavy atom. The number of para-hydroxylation sites is 1. The fourth-order valence-electron chi connectivity index (χ4n) is 3.22. The number of anilines is 1. The van der Waals surface area contributed by atoms with Crippen molar-refractivity contribution < 1.29 is 14.3 Å². The molecule has 3 rings (SSSR count). The lowest BCUT2D eigenvalue weighted by molar-refractivity contribution is -0.136. The summed E-state index contributed by atoms with van der Waals surface area (Å²) in [7, 11) is 0. The maximum Gasteiger partial charge on any atom is 0.260 e. The van der Waals surface area contributed by atoms with E-state index in [2.05, 4.69) is 5.32 Å². The molecule has 1 saturated heterocycles. The number of rotatable bonds is 5. The van der Waals surface area contributed by atoms with Gasteiger partial charge in [-0.05, 0) is 62.1 Å². The smallest absolute Gasteiger partial charge is 0.260 e. The fraction of sp³-hybridized carbons (Fsp3) is 0.364. The molecule has 1 aliphatic rings. The Hall–Kier alpha value is -2.82. The van der Waals surface area contributed by atoms with Gasteiger partial charge in [-0.3, -0.25) is 9.59 Å². The van der Waals surface area contributed by atoms with Crippen LogP contribution in [0.2, 0.25) is 0 Å². The molecule has 0 saturated carbocycles. The number of nitrogens with one attached hydrogen (secondary N) is 1. The third-order valence-electron chi connectivity index (χ3n) is 5.03. The van der Waals surface area contributed by atoms with Crippen molar-refractivity contribution in [3.63, 3.8) is 0 Å². The number of likely N-dealkylation sites (tertiary alicyclic amines) is 1. The second kappa shape index (κ2) is 8.71. The summed E-state index contributed by atoms with van der Waals surface area (Å²) in [6, 6.07) is 15.2. The highest BCUT2D eigenvalue weighted by Gasteiger charge is 2.28. The number of hydrogen-bond acceptors (Lipinski definition) is 3. The van der Waals surface area contributed by atoms with Crippen molar-refractivity contribution in [3.8, 4) is 5.75 Å². The van der Waals surface area contributed by atoms with Crippen molar-refractivity contribution in [1.82, 2.24) is 4.90 Å². The average molecular weight is 366 g/mol. The molecular formula is C22H26N2O3. The summed E-state index contributed by atoms with van der Waals surface area (Å²) in [6.45, 7) is 5.16. The molecular weight excluding hydrogens is 340 g/mol. The van der Waals surface area contributed by atoms with Gasteiger partial charge in [0.05, 0.1) is 5.92 Å². The maximum absolute atomic E-state index is 12.5. The van der Waals surface area contributed by atoms with Gasteiger partial charge in [0.15, 0.2) is 6.61 Å². The predicted molar refractivity (Wildman–Crippen MR) is 106 cm³/mol. The van der Waals surface area contributed by atoms with Crippen molar-refractivity contribution in [1.29, 1.82) is 0 Å². The first kappa shape index (κ1) is 19.0. The van der Waals surface area contributed by atoms with Gasteiger partial charge in [-0.1, -0.05) is 24.3 Å². The topological polar surface area (TPSA) is 58.6 Å². The maximum atomic E-state index is 12.5. The highest BCUT2D eigenvalue weighted by molar-refractivity contribution is 5.93. The molecule has 142 valence electrons. The van der Waals surface area contributed by atoms with Crippen LogP contribution in [0.3, 0.4) is 0 Å².